The van der Waals surface area contributed by atoms with Gasteiger partial charge in [-0.1, -0.05) is 30.3 Å². The molecule has 1 aliphatic heterocycles. The monoisotopic (exact) mass is 470 g/mol. The molecule has 0 bridgehead atoms. The van der Waals surface area contributed by atoms with Gasteiger partial charge in [-0.25, -0.2) is 14.3 Å². The summed E-state index contributed by atoms with van der Waals surface area (Å²) < 4.78 is 7.29. The Morgan fingerprint density at radius 3 is 2.40 bits per heavy atom. The number of carbonyl (C=O) groups excluding carboxylic acids is 2. The summed E-state index contributed by atoms with van der Waals surface area (Å²) in [5.41, 5.74) is 2.40. The van der Waals surface area contributed by atoms with E-state index in [4.69, 9.17) is 4.74 Å². The molecule has 1 fully saturated rings. The Labute approximate surface area is 204 Å². The van der Waals surface area contributed by atoms with Gasteiger partial charge in [0.15, 0.2) is 0 Å². The van der Waals surface area contributed by atoms with Crippen molar-refractivity contribution in [2.45, 2.75) is 45.1 Å². The number of imidazole rings is 1. The van der Waals surface area contributed by atoms with Crippen molar-refractivity contribution < 1.29 is 14.3 Å². The zero-order valence-electron chi connectivity index (χ0n) is 20.3. The minimum Gasteiger partial charge on any atom is -0.443 e. The zero-order chi connectivity index (χ0) is 24.6. The van der Waals surface area contributed by atoms with Crippen LogP contribution >= 0.6 is 0 Å². The standard InChI is InChI=1S/C28H30N4O3/c1-28(2,3)35-27(34)32-23-7-5-4-6-22(23)18-24(32)19-8-10-21(11-9-19)26(33)31-16-12-20(13-17-31)25-29-14-15-30-25/h4-11,14-15,18,20H,12-13,16-17H2,1-3H3,(H,29,30). The van der Waals surface area contributed by atoms with E-state index < -0.39 is 11.7 Å². The van der Waals surface area contributed by atoms with Crippen molar-refractivity contribution in [3.63, 3.8) is 0 Å². The molecule has 4 aromatic rings. The molecule has 0 unspecified atom stereocenters. The van der Waals surface area contributed by atoms with Crippen LogP contribution in [0.1, 0.15) is 55.7 Å². The average molecular weight is 471 g/mol. The molecule has 1 N–H and O–H groups in total. The van der Waals surface area contributed by atoms with E-state index >= 15 is 0 Å². The van der Waals surface area contributed by atoms with Crippen LogP contribution in [0.3, 0.4) is 0 Å². The van der Waals surface area contributed by atoms with E-state index in [2.05, 4.69) is 9.97 Å². The van der Waals surface area contributed by atoms with Crippen LogP contribution in [0.4, 0.5) is 4.79 Å². The number of aromatic amines is 1. The summed E-state index contributed by atoms with van der Waals surface area (Å²) in [7, 11) is 0. The van der Waals surface area contributed by atoms with Crippen LogP contribution in [0.25, 0.3) is 22.2 Å². The Kier molecular flexibility index (Phi) is 5.93. The van der Waals surface area contributed by atoms with Gasteiger partial charge in [0, 0.05) is 42.4 Å². The molecule has 0 aliphatic carbocycles. The number of benzene rings is 2. The van der Waals surface area contributed by atoms with Crippen LogP contribution in [-0.4, -0.2) is 50.1 Å². The highest BCUT2D eigenvalue weighted by Gasteiger charge is 2.26. The highest BCUT2D eigenvalue weighted by molar-refractivity contribution is 5.97. The van der Waals surface area contributed by atoms with Crippen molar-refractivity contribution in [1.82, 2.24) is 19.4 Å². The van der Waals surface area contributed by atoms with Gasteiger partial charge in [0.1, 0.15) is 11.4 Å². The average Bonchev–Trinajstić information content (AvgIpc) is 3.51. The first-order valence-corrected chi connectivity index (χ1v) is 12.0. The summed E-state index contributed by atoms with van der Waals surface area (Å²) in [4.78, 5) is 35.7. The first-order chi connectivity index (χ1) is 16.8. The van der Waals surface area contributed by atoms with Crippen LogP contribution < -0.4 is 0 Å². The number of para-hydroxylation sites is 1. The maximum absolute atomic E-state index is 13.1. The summed E-state index contributed by atoms with van der Waals surface area (Å²) in [5, 5.41) is 0.952. The number of nitrogens with one attached hydrogen (secondary N) is 1. The quantitative estimate of drug-likeness (QED) is 0.408. The lowest BCUT2D eigenvalue weighted by Gasteiger charge is -2.31. The molecular weight excluding hydrogens is 440 g/mol. The fourth-order valence-electron chi connectivity index (χ4n) is 4.69. The van der Waals surface area contributed by atoms with Crippen molar-refractivity contribution in [1.29, 1.82) is 0 Å². The highest BCUT2D eigenvalue weighted by atomic mass is 16.6. The van der Waals surface area contributed by atoms with Gasteiger partial charge in [0.05, 0.1) is 11.2 Å². The molecule has 0 atom stereocenters. The minimum absolute atomic E-state index is 0.0298. The molecule has 180 valence electrons. The third-order valence-electron chi connectivity index (χ3n) is 6.40. The number of hydrogen-bond donors (Lipinski definition) is 1. The molecule has 0 radical (unpaired) electrons. The van der Waals surface area contributed by atoms with E-state index in [-0.39, 0.29) is 5.91 Å². The predicted octanol–water partition coefficient (Wildman–Crippen LogP) is 5.83. The highest BCUT2D eigenvalue weighted by Crippen LogP contribution is 2.30. The van der Waals surface area contributed by atoms with Gasteiger partial charge in [-0.3, -0.25) is 4.79 Å². The zero-order valence-corrected chi connectivity index (χ0v) is 20.3. The third-order valence-corrected chi connectivity index (χ3v) is 6.40. The maximum Gasteiger partial charge on any atom is 0.419 e. The molecule has 35 heavy (non-hydrogen) atoms. The number of aromatic nitrogens is 3. The molecule has 0 saturated carbocycles. The SMILES string of the molecule is CC(C)(C)OC(=O)n1c(-c2ccc(C(=O)N3CCC(c4ncc[nH]4)CC3)cc2)cc2ccccc21. The topological polar surface area (TPSA) is 80.2 Å². The van der Waals surface area contributed by atoms with Gasteiger partial charge in [-0.2, -0.15) is 0 Å². The van der Waals surface area contributed by atoms with Crippen molar-refractivity contribution in [2.24, 2.45) is 0 Å². The van der Waals surface area contributed by atoms with E-state index in [1.165, 1.54) is 0 Å². The van der Waals surface area contributed by atoms with Gasteiger partial charge in [0.25, 0.3) is 5.91 Å². The van der Waals surface area contributed by atoms with Crippen LogP contribution in [0.15, 0.2) is 67.0 Å². The largest absolute Gasteiger partial charge is 0.443 e. The first-order valence-electron chi connectivity index (χ1n) is 12.0. The molecule has 1 saturated heterocycles. The Hall–Kier alpha value is -3.87. The second-order valence-corrected chi connectivity index (χ2v) is 10.0. The number of carbonyl (C=O) groups is 2. The Morgan fingerprint density at radius 2 is 1.74 bits per heavy atom. The Bertz CT molecular complexity index is 1340. The Balaban J connectivity index is 1.37. The molecule has 0 spiro atoms. The van der Waals surface area contributed by atoms with E-state index in [0.29, 0.717) is 24.6 Å². The molecule has 2 aromatic heterocycles. The fourth-order valence-corrected chi connectivity index (χ4v) is 4.69. The molecule has 7 heteroatoms. The van der Waals surface area contributed by atoms with E-state index in [9.17, 15) is 9.59 Å². The number of hydrogen-bond acceptors (Lipinski definition) is 4. The number of piperidine rings is 1. The van der Waals surface area contributed by atoms with Crippen molar-refractivity contribution in [3.8, 4) is 11.3 Å². The summed E-state index contributed by atoms with van der Waals surface area (Å²) in [6.07, 6.45) is 4.99. The molecule has 5 rings (SSSR count). The van der Waals surface area contributed by atoms with Gasteiger partial charge in [-0.05, 0) is 63.4 Å². The number of ether oxygens (including phenoxy) is 1. The van der Waals surface area contributed by atoms with Crippen LogP contribution in [0.2, 0.25) is 0 Å². The van der Waals surface area contributed by atoms with Gasteiger partial charge in [0.2, 0.25) is 0 Å². The maximum atomic E-state index is 13.1. The van der Waals surface area contributed by atoms with Gasteiger partial charge in [-0.15, -0.1) is 0 Å². The molecule has 1 aliphatic rings. The summed E-state index contributed by atoms with van der Waals surface area (Å²) in [5.74, 6) is 1.40. The normalized spacial score (nSPS) is 14.9. The van der Waals surface area contributed by atoms with E-state index in [1.807, 2.05) is 86.5 Å². The second kappa shape index (κ2) is 9.06. The molecule has 7 nitrogen and oxygen atoms in total. The van der Waals surface area contributed by atoms with Crippen LogP contribution in [0.5, 0.6) is 0 Å². The van der Waals surface area contributed by atoms with E-state index in [1.54, 1.807) is 10.8 Å². The summed E-state index contributed by atoms with van der Waals surface area (Å²) >= 11 is 0. The number of rotatable bonds is 3. The summed E-state index contributed by atoms with van der Waals surface area (Å²) in [6.45, 7) is 6.98. The van der Waals surface area contributed by atoms with Gasteiger partial charge < -0.3 is 14.6 Å². The predicted molar refractivity (Wildman–Crippen MR) is 135 cm³/mol. The molecule has 2 aromatic carbocycles. The second-order valence-electron chi connectivity index (χ2n) is 10.0. The minimum atomic E-state index is -0.611. The lowest BCUT2D eigenvalue weighted by atomic mass is 9.95. The van der Waals surface area contributed by atoms with Crippen LogP contribution in [0, 0.1) is 0 Å². The molecule has 3 heterocycles. The lowest BCUT2D eigenvalue weighted by molar-refractivity contribution is 0.0546. The molecular formula is C28H30N4O3. The van der Waals surface area contributed by atoms with Crippen molar-refractivity contribution >= 4 is 22.9 Å². The number of nitrogens with zero attached hydrogens (tertiary/aromatic N) is 3. The number of amides is 1. The summed E-state index contributed by atoms with van der Waals surface area (Å²) in [6, 6.07) is 17.2. The van der Waals surface area contributed by atoms with Gasteiger partial charge >= 0.3 is 6.09 Å². The Morgan fingerprint density at radius 1 is 1.03 bits per heavy atom. The third kappa shape index (κ3) is 4.71. The number of H-pyrrole nitrogens is 1. The number of fused-ring (bicyclic) bond motifs is 1. The molecule has 1 amide bonds. The fraction of sp³-hybridized carbons (Fsp3) is 0.321. The van der Waals surface area contributed by atoms with Crippen molar-refractivity contribution in [3.05, 3.63) is 78.4 Å². The van der Waals surface area contributed by atoms with E-state index in [0.717, 1.165) is 40.8 Å². The smallest absolute Gasteiger partial charge is 0.419 e. The lowest BCUT2D eigenvalue weighted by Crippen LogP contribution is -2.38. The van der Waals surface area contributed by atoms with Crippen LogP contribution in [-0.2, 0) is 4.74 Å². The van der Waals surface area contributed by atoms with Crippen molar-refractivity contribution in [2.75, 3.05) is 13.1 Å². The first kappa shape index (κ1) is 22.9. The number of likely N-dealkylation sites (tertiary alicyclic amines) is 1.